The first-order valence-electron chi connectivity index (χ1n) is 6.20. The van der Waals surface area contributed by atoms with Crippen molar-refractivity contribution in [3.8, 4) is 0 Å². The molecule has 0 fully saturated rings. The van der Waals surface area contributed by atoms with Crippen molar-refractivity contribution in [3.63, 3.8) is 0 Å². The second-order valence-electron chi connectivity index (χ2n) is 4.54. The number of anilines is 2. The Morgan fingerprint density at radius 3 is 2.33 bits per heavy atom. The summed E-state index contributed by atoms with van der Waals surface area (Å²) in [6.45, 7) is 2.02. The number of aryl methyl sites for hydroxylation is 1. The lowest BCUT2D eigenvalue weighted by molar-refractivity contribution is -0.114. The molecular weight excluding hydrogens is 331 g/mol. The lowest BCUT2D eigenvalue weighted by Gasteiger charge is -2.10. The SMILES string of the molecule is Cc1ccc(NC(=O)CNc2cc(Cl)cc(Cl)c2)c(Cl)c1. The van der Waals surface area contributed by atoms with Crippen LogP contribution in [0, 0.1) is 6.92 Å². The Balaban J connectivity index is 1.95. The summed E-state index contributed by atoms with van der Waals surface area (Å²) in [5.41, 5.74) is 2.29. The smallest absolute Gasteiger partial charge is 0.243 e. The van der Waals surface area contributed by atoms with Gasteiger partial charge < -0.3 is 10.6 Å². The third-order valence-corrected chi connectivity index (χ3v) is 3.46. The number of hydrogen-bond acceptors (Lipinski definition) is 2. The van der Waals surface area contributed by atoms with Crippen molar-refractivity contribution in [3.05, 3.63) is 57.0 Å². The molecule has 0 aromatic heterocycles. The molecule has 0 heterocycles. The molecule has 0 unspecified atom stereocenters. The average molecular weight is 344 g/mol. The second kappa shape index (κ2) is 7.03. The van der Waals surface area contributed by atoms with Crippen LogP contribution in [-0.4, -0.2) is 12.5 Å². The molecule has 2 N–H and O–H groups in total. The van der Waals surface area contributed by atoms with Gasteiger partial charge in [-0.05, 0) is 42.8 Å². The van der Waals surface area contributed by atoms with Crippen molar-refractivity contribution in [2.75, 3.05) is 17.2 Å². The first kappa shape index (κ1) is 16.0. The predicted octanol–water partition coefficient (Wildman–Crippen LogP) is 5.01. The zero-order valence-electron chi connectivity index (χ0n) is 11.2. The van der Waals surface area contributed by atoms with Gasteiger partial charge in [0, 0.05) is 15.7 Å². The molecule has 2 aromatic carbocycles. The van der Waals surface area contributed by atoms with Gasteiger partial charge in [-0.25, -0.2) is 0 Å². The number of nitrogens with one attached hydrogen (secondary N) is 2. The lowest BCUT2D eigenvalue weighted by atomic mass is 10.2. The molecule has 2 aromatic rings. The first-order chi connectivity index (χ1) is 9.94. The van der Waals surface area contributed by atoms with Crippen molar-refractivity contribution >= 4 is 52.1 Å². The highest BCUT2D eigenvalue weighted by Gasteiger charge is 2.06. The molecule has 0 aliphatic carbocycles. The summed E-state index contributed by atoms with van der Waals surface area (Å²) in [7, 11) is 0. The molecule has 0 atom stereocenters. The van der Waals surface area contributed by atoms with Crippen molar-refractivity contribution in [2.45, 2.75) is 6.92 Å². The summed E-state index contributed by atoms with van der Waals surface area (Å²) < 4.78 is 0. The minimum atomic E-state index is -0.211. The quantitative estimate of drug-likeness (QED) is 0.819. The number of carbonyl (C=O) groups excluding carboxylic acids is 1. The van der Waals surface area contributed by atoms with E-state index in [2.05, 4.69) is 10.6 Å². The topological polar surface area (TPSA) is 41.1 Å². The molecule has 0 aliphatic rings. The van der Waals surface area contributed by atoms with Crippen LogP contribution < -0.4 is 10.6 Å². The molecule has 0 bridgehead atoms. The Bertz CT molecular complexity index is 654. The molecule has 1 amide bonds. The van der Waals surface area contributed by atoms with E-state index >= 15 is 0 Å². The molecule has 6 heteroatoms. The Kier molecular flexibility index (Phi) is 5.34. The molecule has 110 valence electrons. The van der Waals surface area contributed by atoms with E-state index in [1.54, 1.807) is 30.3 Å². The van der Waals surface area contributed by atoms with E-state index in [1.165, 1.54) is 0 Å². The zero-order chi connectivity index (χ0) is 15.4. The molecule has 0 spiro atoms. The summed E-state index contributed by atoms with van der Waals surface area (Å²) in [4.78, 5) is 11.9. The lowest BCUT2D eigenvalue weighted by Crippen LogP contribution is -2.21. The molecular formula is C15H13Cl3N2O. The fourth-order valence-corrected chi connectivity index (χ4v) is 2.56. The van der Waals surface area contributed by atoms with Crippen molar-refractivity contribution in [2.24, 2.45) is 0 Å². The van der Waals surface area contributed by atoms with Crippen molar-refractivity contribution < 1.29 is 4.79 Å². The highest BCUT2D eigenvalue weighted by molar-refractivity contribution is 6.35. The number of amides is 1. The van der Waals surface area contributed by atoms with E-state index in [4.69, 9.17) is 34.8 Å². The third kappa shape index (κ3) is 4.81. The van der Waals surface area contributed by atoms with Crippen LogP contribution in [0.1, 0.15) is 5.56 Å². The molecule has 0 radical (unpaired) electrons. The van der Waals surface area contributed by atoms with E-state index in [0.29, 0.717) is 26.4 Å². The monoisotopic (exact) mass is 342 g/mol. The van der Waals surface area contributed by atoms with Gasteiger partial charge in [-0.2, -0.15) is 0 Å². The first-order valence-corrected chi connectivity index (χ1v) is 7.33. The van der Waals surface area contributed by atoms with Gasteiger partial charge in [-0.1, -0.05) is 40.9 Å². The van der Waals surface area contributed by atoms with Crippen LogP contribution in [0.2, 0.25) is 15.1 Å². The maximum atomic E-state index is 11.9. The Hall–Kier alpha value is -1.42. The maximum absolute atomic E-state index is 11.9. The van der Waals surface area contributed by atoms with Crippen molar-refractivity contribution in [1.82, 2.24) is 0 Å². The van der Waals surface area contributed by atoms with E-state index in [0.717, 1.165) is 5.56 Å². The highest BCUT2D eigenvalue weighted by atomic mass is 35.5. The molecule has 0 aliphatic heterocycles. The van der Waals surface area contributed by atoms with Gasteiger partial charge >= 0.3 is 0 Å². The summed E-state index contributed by atoms with van der Waals surface area (Å²) in [5, 5.41) is 7.21. The average Bonchev–Trinajstić information content (AvgIpc) is 2.39. The van der Waals surface area contributed by atoms with Gasteiger partial charge in [0.05, 0.1) is 17.3 Å². The molecule has 0 saturated carbocycles. The zero-order valence-corrected chi connectivity index (χ0v) is 13.5. The Labute approximate surface area is 138 Å². The summed E-state index contributed by atoms with van der Waals surface area (Å²) in [5.74, 6) is -0.211. The van der Waals surface area contributed by atoms with Gasteiger partial charge in [0.15, 0.2) is 0 Å². The van der Waals surface area contributed by atoms with Crippen LogP contribution in [0.25, 0.3) is 0 Å². The standard InChI is InChI=1S/C15H13Cl3N2O/c1-9-2-3-14(13(18)4-9)20-15(21)8-19-12-6-10(16)5-11(17)7-12/h2-7,19H,8H2,1H3,(H,20,21). The van der Waals surface area contributed by atoms with Gasteiger partial charge in [-0.15, -0.1) is 0 Å². The highest BCUT2D eigenvalue weighted by Crippen LogP contribution is 2.23. The molecule has 0 saturated heterocycles. The van der Waals surface area contributed by atoms with Crippen LogP contribution in [0.4, 0.5) is 11.4 Å². The molecule has 3 nitrogen and oxygen atoms in total. The van der Waals surface area contributed by atoms with E-state index in [1.807, 2.05) is 13.0 Å². The van der Waals surface area contributed by atoms with Gasteiger partial charge in [0.2, 0.25) is 5.91 Å². The minimum Gasteiger partial charge on any atom is -0.376 e. The van der Waals surface area contributed by atoms with Crippen LogP contribution >= 0.6 is 34.8 Å². The minimum absolute atomic E-state index is 0.0842. The van der Waals surface area contributed by atoms with E-state index in [-0.39, 0.29) is 12.5 Å². The number of hydrogen-bond donors (Lipinski definition) is 2. The Morgan fingerprint density at radius 2 is 1.71 bits per heavy atom. The van der Waals surface area contributed by atoms with Crippen molar-refractivity contribution in [1.29, 1.82) is 0 Å². The Morgan fingerprint density at radius 1 is 1.05 bits per heavy atom. The fourth-order valence-electron chi connectivity index (χ4n) is 1.75. The van der Waals surface area contributed by atoms with Crippen LogP contribution in [0.5, 0.6) is 0 Å². The van der Waals surface area contributed by atoms with Gasteiger partial charge in [-0.3, -0.25) is 4.79 Å². The summed E-state index contributed by atoms with van der Waals surface area (Å²) in [6.07, 6.45) is 0. The second-order valence-corrected chi connectivity index (χ2v) is 5.82. The third-order valence-electron chi connectivity index (χ3n) is 2.71. The van der Waals surface area contributed by atoms with Crippen LogP contribution in [0.3, 0.4) is 0 Å². The van der Waals surface area contributed by atoms with Crippen LogP contribution in [0.15, 0.2) is 36.4 Å². The molecule has 21 heavy (non-hydrogen) atoms. The summed E-state index contributed by atoms with van der Waals surface area (Å²) >= 11 is 17.8. The molecule has 2 rings (SSSR count). The number of benzene rings is 2. The number of rotatable bonds is 4. The number of carbonyl (C=O) groups is 1. The maximum Gasteiger partial charge on any atom is 0.243 e. The predicted molar refractivity (Wildman–Crippen MR) is 89.8 cm³/mol. The summed E-state index contributed by atoms with van der Waals surface area (Å²) in [6, 6.07) is 10.5. The normalized spacial score (nSPS) is 10.3. The van der Waals surface area contributed by atoms with E-state index < -0.39 is 0 Å². The number of halogens is 3. The van der Waals surface area contributed by atoms with Gasteiger partial charge in [0.25, 0.3) is 0 Å². The fraction of sp³-hybridized carbons (Fsp3) is 0.133. The van der Waals surface area contributed by atoms with Crippen LogP contribution in [-0.2, 0) is 4.79 Å². The van der Waals surface area contributed by atoms with Gasteiger partial charge in [0.1, 0.15) is 0 Å². The largest absolute Gasteiger partial charge is 0.376 e. The van der Waals surface area contributed by atoms with E-state index in [9.17, 15) is 4.79 Å².